The SMILES string of the molecule is O=C(O)c1nn(-c2ccc3nccnc3c2)c2c1CCC2. The molecule has 2 heterocycles. The van der Waals surface area contributed by atoms with Crippen LogP contribution in [0.1, 0.15) is 28.2 Å². The van der Waals surface area contributed by atoms with Gasteiger partial charge >= 0.3 is 5.97 Å². The number of carbonyl (C=O) groups is 1. The minimum Gasteiger partial charge on any atom is -0.476 e. The second-order valence-corrected chi connectivity index (χ2v) is 5.07. The summed E-state index contributed by atoms with van der Waals surface area (Å²) < 4.78 is 1.74. The summed E-state index contributed by atoms with van der Waals surface area (Å²) in [5.74, 6) is -0.965. The number of hydrogen-bond acceptors (Lipinski definition) is 4. The van der Waals surface area contributed by atoms with Crippen molar-refractivity contribution in [1.82, 2.24) is 19.7 Å². The van der Waals surface area contributed by atoms with Crippen molar-refractivity contribution in [3.8, 4) is 5.69 Å². The van der Waals surface area contributed by atoms with Crippen molar-refractivity contribution in [2.24, 2.45) is 0 Å². The van der Waals surface area contributed by atoms with E-state index in [9.17, 15) is 9.90 Å². The third kappa shape index (κ3) is 1.79. The second-order valence-electron chi connectivity index (χ2n) is 5.07. The van der Waals surface area contributed by atoms with Crippen molar-refractivity contribution < 1.29 is 9.90 Å². The van der Waals surface area contributed by atoms with Gasteiger partial charge < -0.3 is 5.11 Å². The molecule has 3 aromatic rings. The molecule has 0 aliphatic heterocycles. The maximum atomic E-state index is 11.3. The summed E-state index contributed by atoms with van der Waals surface area (Å²) in [7, 11) is 0. The van der Waals surface area contributed by atoms with Crippen LogP contribution in [-0.4, -0.2) is 30.8 Å². The highest BCUT2D eigenvalue weighted by Crippen LogP contribution is 2.28. The van der Waals surface area contributed by atoms with Gasteiger partial charge in [-0.05, 0) is 37.5 Å². The summed E-state index contributed by atoms with van der Waals surface area (Å²) in [6, 6.07) is 5.66. The summed E-state index contributed by atoms with van der Waals surface area (Å²) in [6.07, 6.45) is 5.90. The van der Waals surface area contributed by atoms with Crippen LogP contribution in [-0.2, 0) is 12.8 Å². The Kier molecular flexibility index (Phi) is 2.50. The van der Waals surface area contributed by atoms with E-state index in [0.29, 0.717) is 0 Å². The van der Waals surface area contributed by atoms with Crippen LogP contribution in [0.3, 0.4) is 0 Å². The van der Waals surface area contributed by atoms with E-state index >= 15 is 0 Å². The Morgan fingerprint density at radius 1 is 1.14 bits per heavy atom. The van der Waals surface area contributed by atoms with Gasteiger partial charge in [-0.15, -0.1) is 0 Å². The number of rotatable bonds is 2. The van der Waals surface area contributed by atoms with Gasteiger partial charge in [-0.3, -0.25) is 9.97 Å². The molecule has 6 nitrogen and oxygen atoms in total. The van der Waals surface area contributed by atoms with E-state index in [0.717, 1.165) is 47.2 Å². The molecule has 0 bridgehead atoms. The van der Waals surface area contributed by atoms with Crippen LogP contribution in [0.5, 0.6) is 0 Å². The van der Waals surface area contributed by atoms with Crippen LogP contribution < -0.4 is 0 Å². The van der Waals surface area contributed by atoms with Gasteiger partial charge in [0.2, 0.25) is 0 Å². The molecule has 0 radical (unpaired) electrons. The fourth-order valence-corrected chi connectivity index (χ4v) is 2.91. The minimum atomic E-state index is -0.965. The number of hydrogen-bond donors (Lipinski definition) is 1. The minimum absolute atomic E-state index is 0.168. The third-order valence-electron chi connectivity index (χ3n) is 3.83. The van der Waals surface area contributed by atoms with E-state index in [4.69, 9.17) is 0 Å². The molecule has 0 spiro atoms. The molecule has 0 unspecified atom stereocenters. The van der Waals surface area contributed by atoms with Gasteiger partial charge in [0.25, 0.3) is 0 Å². The first-order valence-corrected chi connectivity index (χ1v) is 6.79. The van der Waals surface area contributed by atoms with Crippen molar-refractivity contribution in [1.29, 1.82) is 0 Å². The number of nitrogens with zero attached hydrogens (tertiary/aromatic N) is 4. The smallest absolute Gasteiger partial charge is 0.356 e. The first-order valence-electron chi connectivity index (χ1n) is 6.79. The Bertz CT molecular complexity index is 869. The lowest BCUT2D eigenvalue weighted by molar-refractivity contribution is 0.0689. The summed E-state index contributed by atoms with van der Waals surface area (Å²) in [4.78, 5) is 19.8. The predicted molar refractivity (Wildman–Crippen MR) is 75.6 cm³/mol. The fourth-order valence-electron chi connectivity index (χ4n) is 2.91. The van der Waals surface area contributed by atoms with Crippen molar-refractivity contribution >= 4 is 17.0 Å². The van der Waals surface area contributed by atoms with Gasteiger partial charge in [0, 0.05) is 23.7 Å². The van der Waals surface area contributed by atoms with E-state index in [1.165, 1.54) is 0 Å². The number of aromatic carboxylic acids is 1. The molecule has 21 heavy (non-hydrogen) atoms. The lowest BCUT2D eigenvalue weighted by Gasteiger charge is -2.06. The zero-order valence-electron chi connectivity index (χ0n) is 11.2. The maximum absolute atomic E-state index is 11.3. The molecule has 104 valence electrons. The molecular formula is C15H12N4O2. The molecule has 0 amide bonds. The average Bonchev–Trinajstić information content (AvgIpc) is 3.08. The Labute approximate surface area is 120 Å². The van der Waals surface area contributed by atoms with Crippen LogP contribution in [0.2, 0.25) is 0 Å². The lowest BCUT2D eigenvalue weighted by atomic mass is 10.2. The number of carboxylic acid groups (broad SMARTS) is 1. The van der Waals surface area contributed by atoms with Crippen molar-refractivity contribution in [3.05, 3.63) is 47.5 Å². The summed E-state index contributed by atoms with van der Waals surface area (Å²) in [6.45, 7) is 0. The van der Waals surface area contributed by atoms with Gasteiger partial charge in [0.1, 0.15) is 0 Å². The van der Waals surface area contributed by atoms with Crippen LogP contribution in [0, 0.1) is 0 Å². The highest BCUT2D eigenvalue weighted by Gasteiger charge is 2.26. The van der Waals surface area contributed by atoms with Gasteiger partial charge in [-0.25, -0.2) is 9.48 Å². The van der Waals surface area contributed by atoms with Gasteiger partial charge in [-0.2, -0.15) is 5.10 Å². The maximum Gasteiger partial charge on any atom is 0.356 e. The Balaban J connectivity index is 1.92. The van der Waals surface area contributed by atoms with Crippen LogP contribution in [0.25, 0.3) is 16.7 Å². The standard InChI is InChI=1S/C15H12N4O2/c20-15(21)14-10-2-1-3-13(10)19(18-14)9-4-5-11-12(8-9)17-7-6-16-11/h4-8H,1-3H2,(H,20,21). The molecular weight excluding hydrogens is 268 g/mol. The molecule has 0 saturated carbocycles. The third-order valence-corrected chi connectivity index (χ3v) is 3.83. The predicted octanol–water partition coefficient (Wildman–Crippen LogP) is 2.00. The largest absolute Gasteiger partial charge is 0.476 e. The van der Waals surface area contributed by atoms with Crippen LogP contribution in [0.4, 0.5) is 0 Å². The topological polar surface area (TPSA) is 80.9 Å². The molecule has 1 N–H and O–H groups in total. The van der Waals surface area contributed by atoms with Crippen molar-refractivity contribution in [2.75, 3.05) is 0 Å². The highest BCUT2D eigenvalue weighted by molar-refractivity contribution is 5.88. The van der Waals surface area contributed by atoms with Crippen molar-refractivity contribution in [3.63, 3.8) is 0 Å². The van der Waals surface area contributed by atoms with Crippen LogP contribution >= 0.6 is 0 Å². The Morgan fingerprint density at radius 2 is 1.95 bits per heavy atom. The summed E-state index contributed by atoms with van der Waals surface area (Å²) in [5, 5.41) is 13.6. The van der Waals surface area contributed by atoms with Gasteiger partial charge in [-0.1, -0.05) is 0 Å². The normalized spacial score (nSPS) is 13.5. The molecule has 1 aromatic carbocycles. The highest BCUT2D eigenvalue weighted by atomic mass is 16.4. The molecule has 6 heteroatoms. The van der Waals surface area contributed by atoms with E-state index in [2.05, 4.69) is 15.1 Å². The molecule has 0 saturated heterocycles. The first kappa shape index (κ1) is 12.0. The van der Waals surface area contributed by atoms with Gasteiger partial charge in [0.05, 0.1) is 16.7 Å². The number of carboxylic acids is 1. The van der Waals surface area contributed by atoms with E-state index < -0.39 is 5.97 Å². The number of aromatic nitrogens is 4. The zero-order valence-corrected chi connectivity index (χ0v) is 11.2. The fraction of sp³-hybridized carbons (Fsp3) is 0.200. The first-order chi connectivity index (χ1) is 10.2. The van der Waals surface area contributed by atoms with E-state index in [-0.39, 0.29) is 5.69 Å². The molecule has 0 fully saturated rings. The van der Waals surface area contributed by atoms with E-state index in [1.807, 2.05) is 18.2 Å². The van der Waals surface area contributed by atoms with Gasteiger partial charge in [0.15, 0.2) is 5.69 Å². The number of benzene rings is 1. The quantitative estimate of drug-likeness (QED) is 0.776. The zero-order chi connectivity index (χ0) is 14.4. The van der Waals surface area contributed by atoms with Crippen molar-refractivity contribution in [2.45, 2.75) is 19.3 Å². The Morgan fingerprint density at radius 3 is 2.76 bits per heavy atom. The monoisotopic (exact) mass is 280 g/mol. The number of fused-ring (bicyclic) bond motifs is 2. The van der Waals surface area contributed by atoms with Crippen LogP contribution in [0.15, 0.2) is 30.6 Å². The molecule has 0 atom stereocenters. The molecule has 2 aromatic heterocycles. The molecule has 4 rings (SSSR count). The molecule has 1 aliphatic carbocycles. The van der Waals surface area contributed by atoms with E-state index in [1.54, 1.807) is 17.1 Å². The molecule has 1 aliphatic rings. The average molecular weight is 280 g/mol. The lowest BCUT2D eigenvalue weighted by Crippen LogP contribution is -2.04. The summed E-state index contributed by atoms with van der Waals surface area (Å²) in [5.41, 5.74) is 4.44. The Hall–Kier alpha value is -2.76. The summed E-state index contributed by atoms with van der Waals surface area (Å²) >= 11 is 0. The second kappa shape index (κ2) is 4.37.